The fourth-order valence-corrected chi connectivity index (χ4v) is 5.63. The maximum atomic E-state index is 11.3. The molecule has 0 unspecified atom stereocenters. The Balaban J connectivity index is 1.26. The van der Waals surface area contributed by atoms with E-state index in [2.05, 4.69) is 75.0 Å². The molecule has 1 saturated heterocycles. The van der Waals surface area contributed by atoms with Crippen LogP contribution in [0, 0.1) is 0 Å². The van der Waals surface area contributed by atoms with E-state index in [9.17, 15) is 5.11 Å². The Morgan fingerprint density at radius 3 is 2.29 bits per heavy atom. The minimum absolute atomic E-state index is 0.512. The molecule has 1 aliphatic heterocycles. The van der Waals surface area contributed by atoms with Crippen LogP contribution < -0.4 is 9.47 Å². The van der Waals surface area contributed by atoms with E-state index in [0.29, 0.717) is 46.0 Å². The lowest BCUT2D eigenvalue weighted by molar-refractivity contribution is 0.0320. The van der Waals surface area contributed by atoms with Gasteiger partial charge >= 0.3 is 0 Å². The minimum atomic E-state index is -0.555. The van der Waals surface area contributed by atoms with Crippen LogP contribution in [0.25, 0.3) is 21.8 Å². The van der Waals surface area contributed by atoms with Gasteiger partial charge in [-0.15, -0.1) is 0 Å². The summed E-state index contributed by atoms with van der Waals surface area (Å²) >= 11 is 0. The average Bonchev–Trinajstić information content (AvgIpc) is 3.31. The molecular formula is C33H43N3O5. The molecule has 0 radical (unpaired) electrons. The molecule has 5 rings (SSSR count). The third-order valence-electron chi connectivity index (χ3n) is 7.64. The predicted molar refractivity (Wildman–Crippen MR) is 163 cm³/mol. The van der Waals surface area contributed by atoms with Gasteiger partial charge in [0, 0.05) is 68.2 Å². The van der Waals surface area contributed by atoms with Crippen molar-refractivity contribution in [1.29, 1.82) is 0 Å². The number of aliphatic hydroxyl groups excluding tert-OH is 1. The number of hydrogen-bond donors (Lipinski definition) is 1. The molecule has 220 valence electrons. The van der Waals surface area contributed by atoms with Crippen LogP contribution in [0.3, 0.4) is 0 Å². The molecule has 1 atom stereocenters. The first-order valence-electron chi connectivity index (χ1n) is 14.7. The van der Waals surface area contributed by atoms with Gasteiger partial charge in [0.2, 0.25) is 0 Å². The van der Waals surface area contributed by atoms with Crippen LogP contribution in [-0.2, 0) is 22.6 Å². The van der Waals surface area contributed by atoms with Crippen LogP contribution in [-0.4, -0.2) is 98.4 Å². The number of morpholine rings is 1. The van der Waals surface area contributed by atoms with Gasteiger partial charge in [0.1, 0.15) is 6.61 Å². The molecule has 4 aromatic rings. The molecule has 3 aromatic carbocycles. The zero-order valence-corrected chi connectivity index (χ0v) is 24.3. The molecule has 2 heterocycles. The van der Waals surface area contributed by atoms with Crippen molar-refractivity contribution in [2.75, 3.05) is 72.9 Å². The predicted octanol–water partition coefficient (Wildman–Crippen LogP) is 4.41. The fraction of sp³-hybridized carbons (Fsp3) is 0.455. The number of fused-ring (bicyclic) bond motifs is 3. The highest BCUT2D eigenvalue weighted by Gasteiger charge is 2.18. The van der Waals surface area contributed by atoms with E-state index >= 15 is 0 Å². The summed E-state index contributed by atoms with van der Waals surface area (Å²) in [6.07, 6.45) is -0.555. The topological polar surface area (TPSA) is 68.6 Å². The Kier molecular flexibility index (Phi) is 10.5. The van der Waals surface area contributed by atoms with E-state index in [1.807, 2.05) is 13.0 Å². The number of ether oxygens (including phenoxy) is 4. The summed E-state index contributed by atoms with van der Waals surface area (Å²) in [5, 5.41) is 13.7. The smallest absolute Gasteiger partial charge is 0.161 e. The lowest BCUT2D eigenvalue weighted by Gasteiger charge is -2.27. The first-order chi connectivity index (χ1) is 20.2. The second-order valence-corrected chi connectivity index (χ2v) is 10.5. The maximum Gasteiger partial charge on any atom is 0.161 e. The highest BCUT2D eigenvalue weighted by molar-refractivity contribution is 6.07. The summed E-state index contributed by atoms with van der Waals surface area (Å²) in [6.45, 7) is 10.5. The lowest BCUT2D eigenvalue weighted by Crippen LogP contribution is -2.38. The zero-order chi connectivity index (χ0) is 28.4. The first-order valence-corrected chi connectivity index (χ1v) is 14.7. The lowest BCUT2D eigenvalue weighted by atomic mass is 10.1. The SMILES string of the molecule is CCOc1cc(CN(CCOC)C[C@@H](O)Cn2c3ccccc3c3ccccc32)ccc1OCCN1CCOCC1. The van der Waals surface area contributed by atoms with Crippen molar-refractivity contribution in [2.24, 2.45) is 0 Å². The molecule has 41 heavy (non-hydrogen) atoms. The second-order valence-electron chi connectivity index (χ2n) is 10.5. The van der Waals surface area contributed by atoms with Crippen LogP contribution in [0.15, 0.2) is 66.7 Å². The highest BCUT2D eigenvalue weighted by Crippen LogP contribution is 2.30. The molecule has 0 spiro atoms. The Morgan fingerprint density at radius 1 is 0.902 bits per heavy atom. The van der Waals surface area contributed by atoms with E-state index in [0.717, 1.165) is 60.9 Å². The van der Waals surface area contributed by atoms with Crippen molar-refractivity contribution in [3.05, 3.63) is 72.3 Å². The number of rotatable bonds is 15. The van der Waals surface area contributed by atoms with Gasteiger partial charge in [-0.3, -0.25) is 9.80 Å². The zero-order valence-electron chi connectivity index (χ0n) is 24.3. The van der Waals surface area contributed by atoms with Gasteiger partial charge in [-0.05, 0) is 36.8 Å². The maximum absolute atomic E-state index is 11.3. The number of aliphatic hydroxyl groups is 1. The van der Waals surface area contributed by atoms with E-state index < -0.39 is 6.10 Å². The summed E-state index contributed by atoms with van der Waals surface area (Å²) < 4.78 is 25.2. The number of methoxy groups -OCH3 is 1. The van der Waals surface area contributed by atoms with Crippen LogP contribution in [0.5, 0.6) is 11.5 Å². The minimum Gasteiger partial charge on any atom is -0.490 e. The summed E-state index contributed by atoms with van der Waals surface area (Å²) in [5.74, 6) is 1.52. The van der Waals surface area contributed by atoms with Crippen molar-refractivity contribution in [3.63, 3.8) is 0 Å². The third-order valence-corrected chi connectivity index (χ3v) is 7.64. The number of aromatic nitrogens is 1. The van der Waals surface area contributed by atoms with Crippen molar-refractivity contribution in [1.82, 2.24) is 14.4 Å². The van der Waals surface area contributed by atoms with Crippen LogP contribution in [0.2, 0.25) is 0 Å². The van der Waals surface area contributed by atoms with Gasteiger partial charge in [-0.25, -0.2) is 0 Å². The largest absolute Gasteiger partial charge is 0.490 e. The third kappa shape index (κ3) is 7.58. The second kappa shape index (κ2) is 14.7. The van der Waals surface area contributed by atoms with Gasteiger partial charge in [-0.2, -0.15) is 0 Å². The van der Waals surface area contributed by atoms with Crippen molar-refractivity contribution in [3.8, 4) is 11.5 Å². The van der Waals surface area contributed by atoms with Gasteiger partial charge in [0.25, 0.3) is 0 Å². The van der Waals surface area contributed by atoms with E-state index in [4.69, 9.17) is 18.9 Å². The van der Waals surface area contributed by atoms with Gasteiger partial charge in [0.05, 0.1) is 39.1 Å². The van der Waals surface area contributed by atoms with Crippen molar-refractivity contribution >= 4 is 21.8 Å². The quantitative estimate of drug-likeness (QED) is 0.231. The fourth-order valence-electron chi connectivity index (χ4n) is 5.63. The first kappa shape index (κ1) is 29.4. The summed E-state index contributed by atoms with van der Waals surface area (Å²) in [6, 6.07) is 23.0. The molecule has 0 amide bonds. The Labute approximate surface area is 243 Å². The van der Waals surface area contributed by atoms with Crippen molar-refractivity contribution < 1.29 is 24.1 Å². The number of hydrogen-bond acceptors (Lipinski definition) is 7. The molecule has 1 aliphatic rings. The molecule has 8 heteroatoms. The molecule has 0 saturated carbocycles. The molecule has 0 aliphatic carbocycles. The molecule has 1 fully saturated rings. The van der Waals surface area contributed by atoms with Gasteiger partial charge in [-0.1, -0.05) is 42.5 Å². The molecule has 8 nitrogen and oxygen atoms in total. The van der Waals surface area contributed by atoms with Gasteiger partial charge in [0.15, 0.2) is 11.5 Å². The Morgan fingerprint density at radius 2 is 1.61 bits per heavy atom. The van der Waals surface area contributed by atoms with Crippen LogP contribution >= 0.6 is 0 Å². The summed E-state index contributed by atoms with van der Waals surface area (Å²) in [7, 11) is 1.71. The summed E-state index contributed by atoms with van der Waals surface area (Å²) in [5.41, 5.74) is 3.39. The van der Waals surface area contributed by atoms with Crippen LogP contribution in [0.1, 0.15) is 12.5 Å². The number of para-hydroxylation sites is 2. The monoisotopic (exact) mass is 561 g/mol. The van der Waals surface area contributed by atoms with E-state index in [1.54, 1.807) is 7.11 Å². The molecule has 1 aromatic heterocycles. The van der Waals surface area contributed by atoms with Crippen LogP contribution in [0.4, 0.5) is 0 Å². The standard InChI is InChI=1S/C33H43N3O5/c1-3-40-33-22-26(12-13-32(33)41-21-17-34-15-19-39-20-16-34)23-35(14-18-38-2)24-27(37)25-36-30-10-6-4-8-28(30)29-9-5-7-11-31(29)36/h4-13,22,27,37H,3,14-21,23-25H2,1-2H3/t27-/m1/s1. The number of benzene rings is 3. The Bertz CT molecular complexity index is 1330. The van der Waals surface area contributed by atoms with E-state index in [-0.39, 0.29) is 0 Å². The van der Waals surface area contributed by atoms with Gasteiger partial charge < -0.3 is 28.6 Å². The highest BCUT2D eigenvalue weighted by atomic mass is 16.5. The Hall–Kier alpha value is -3.14. The normalized spacial score (nSPS) is 15.1. The molecular weight excluding hydrogens is 518 g/mol. The number of nitrogens with zero attached hydrogens (tertiary/aromatic N) is 3. The molecule has 1 N–H and O–H groups in total. The average molecular weight is 562 g/mol. The van der Waals surface area contributed by atoms with E-state index in [1.165, 1.54) is 10.8 Å². The molecule has 0 bridgehead atoms. The summed E-state index contributed by atoms with van der Waals surface area (Å²) in [4.78, 5) is 4.60. The van der Waals surface area contributed by atoms with Crippen molar-refractivity contribution in [2.45, 2.75) is 26.1 Å².